The highest BCUT2D eigenvalue weighted by Crippen LogP contribution is 2.37. The normalized spacial score (nSPS) is 13.6. The van der Waals surface area contributed by atoms with E-state index in [9.17, 15) is 33.0 Å². The van der Waals surface area contributed by atoms with Crippen molar-refractivity contribution in [3.63, 3.8) is 0 Å². The summed E-state index contributed by atoms with van der Waals surface area (Å²) in [5, 5.41) is 32.0. The van der Waals surface area contributed by atoms with Crippen LogP contribution in [0, 0.1) is 27.0 Å². The molecule has 282 valence electrons. The summed E-state index contributed by atoms with van der Waals surface area (Å²) in [6, 6.07) is 19.5. The first kappa shape index (κ1) is 40.3. The number of halogens is 4. The summed E-state index contributed by atoms with van der Waals surface area (Å²) in [4.78, 5) is 31.4. The fourth-order valence-electron chi connectivity index (χ4n) is 5.94. The standard InChI is InChI=1S/C21H18F3N3O2.C20H18ClN3O2/c1-13-4-7-18-15(8-13)11-26-27(18)12-20(2,29)19(28)10-14-5-6-17(25-3)16(9-14)21(22,23)24;1-13-4-7-18-15(8-13)11-23-24(18)12-20(2,26)19(25)10-14-5-6-17(22-3)16(21)9-14/h4-9,11,29H,10,12H2,1-2H3;4-9,11,26H,10,12H2,1-2H3/t2*20-/m00/s1. The van der Waals surface area contributed by atoms with Gasteiger partial charge in [-0.3, -0.25) is 19.0 Å². The second-order valence-electron chi connectivity index (χ2n) is 13.8. The Morgan fingerprint density at radius 1 is 0.709 bits per heavy atom. The Bertz CT molecular complexity index is 2510. The molecule has 0 aliphatic carbocycles. The summed E-state index contributed by atoms with van der Waals surface area (Å²) in [6.45, 7) is 20.6. The molecule has 4 aromatic carbocycles. The molecule has 0 aliphatic heterocycles. The van der Waals surface area contributed by atoms with Crippen LogP contribution in [-0.2, 0) is 41.7 Å². The number of carbonyl (C=O) groups excluding carboxylic acids is 2. The van der Waals surface area contributed by atoms with Crippen molar-refractivity contribution < 1.29 is 33.0 Å². The van der Waals surface area contributed by atoms with E-state index < -0.39 is 40.8 Å². The minimum atomic E-state index is -4.70. The van der Waals surface area contributed by atoms with Gasteiger partial charge in [-0.15, -0.1) is 0 Å². The van der Waals surface area contributed by atoms with E-state index in [2.05, 4.69) is 19.9 Å². The van der Waals surface area contributed by atoms with Crippen LogP contribution in [0.15, 0.2) is 85.2 Å². The SMILES string of the molecule is [C-]#[N+]c1ccc(CC(=O)[C@@](C)(O)Cn2ncc3cc(C)ccc32)cc1C(F)(F)F.[C-]#[N+]c1ccc(CC(=O)[C@@](C)(O)Cn2ncc3cc(C)ccc32)cc1Cl. The molecule has 10 nitrogen and oxygen atoms in total. The van der Waals surface area contributed by atoms with E-state index in [1.165, 1.54) is 24.6 Å². The van der Waals surface area contributed by atoms with Gasteiger partial charge in [0.1, 0.15) is 11.2 Å². The summed E-state index contributed by atoms with van der Waals surface area (Å²) in [6.07, 6.45) is -1.71. The molecular formula is C41H36ClF3N6O4. The lowest BCUT2D eigenvalue weighted by Crippen LogP contribution is -2.41. The third-order valence-electron chi connectivity index (χ3n) is 9.06. The number of aromatic nitrogens is 4. The van der Waals surface area contributed by atoms with Crippen molar-refractivity contribution in [3.05, 3.63) is 141 Å². The molecule has 0 unspecified atom stereocenters. The van der Waals surface area contributed by atoms with E-state index in [1.807, 2.05) is 50.2 Å². The van der Waals surface area contributed by atoms with E-state index in [1.54, 1.807) is 35.3 Å². The smallest absolute Gasteiger partial charge is 0.380 e. The zero-order valence-electron chi connectivity index (χ0n) is 30.3. The molecule has 0 amide bonds. The number of rotatable bonds is 10. The van der Waals surface area contributed by atoms with Gasteiger partial charge in [-0.05, 0) is 63.1 Å². The Hall–Kier alpha value is -5.86. The Morgan fingerprint density at radius 3 is 1.56 bits per heavy atom. The molecule has 55 heavy (non-hydrogen) atoms. The molecule has 0 saturated heterocycles. The van der Waals surface area contributed by atoms with Gasteiger partial charge in [0.05, 0.1) is 55.2 Å². The zero-order chi connectivity index (χ0) is 40.3. The second-order valence-corrected chi connectivity index (χ2v) is 14.2. The van der Waals surface area contributed by atoms with Crippen LogP contribution >= 0.6 is 11.6 Å². The number of alkyl halides is 3. The summed E-state index contributed by atoms with van der Waals surface area (Å²) in [5.74, 6) is -0.975. The Kier molecular flexibility index (Phi) is 11.6. The molecule has 14 heteroatoms. The van der Waals surface area contributed by atoms with Crippen LogP contribution in [0.3, 0.4) is 0 Å². The molecular weight excluding hydrogens is 733 g/mol. The maximum Gasteiger partial charge on any atom is 0.407 e. The number of hydrogen-bond acceptors (Lipinski definition) is 6. The average molecular weight is 769 g/mol. The lowest BCUT2D eigenvalue weighted by atomic mass is 9.94. The fraction of sp³-hybridized carbons (Fsp3) is 0.268. The first-order valence-corrected chi connectivity index (χ1v) is 17.3. The van der Waals surface area contributed by atoms with Crippen LogP contribution in [0.2, 0.25) is 5.02 Å². The van der Waals surface area contributed by atoms with Crippen molar-refractivity contribution in [2.75, 3.05) is 0 Å². The van der Waals surface area contributed by atoms with Gasteiger partial charge < -0.3 is 10.2 Å². The number of ketones is 2. The Balaban J connectivity index is 0.000000212. The van der Waals surface area contributed by atoms with Gasteiger partial charge in [0, 0.05) is 28.6 Å². The van der Waals surface area contributed by atoms with Crippen LogP contribution in [0.5, 0.6) is 0 Å². The molecule has 0 spiro atoms. The van der Waals surface area contributed by atoms with Crippen molar-refractivity contribution in [2.24, 2.45) is 0 Å². The van der Waals surface area contributed by atoms with Gasteiger partial charge >= 0.3 is 6.18 Å². The van der Waals surface area contributed by atoms with E-state index in [0.29, 0.717) is 16.3 Å². The Labute approximate surface area is 320 Å². The van der Waals surface area contributed by atoms with Crippen molar-refractivity contribution in [1.82, 2.24) is 19.6 Å². The number of Topliss-reactive ketones (excluding diaryl/α,β-unsaturated/α-hetero) is 2. The monoisotopic (exact) mass is 768 g/mol. The maximum absolute atomic E-state index is 13.1. The number of nitrogens with zero attached hydrogens (tertiary/aromatic N) is 6. The van der Waals surface area contributed by atoms with Gasteiger partial charge in [-0.1, -0.05) is 71.3 Å². The second kappa shape index (κ2) is 15.9. The van der Waals surface area contributed by atoms with Gasteiger partial charge in [-0.2, -0.15) is 23.4 Å². The summed E-state index contributed by atoms with van der Waals surface area (Å²) in [7, 11) is 0. The van der Waals surface area contributed by atoms with Crippen molar-refractivity contribution in [1.29, 1.82) is 0 Å². The minimum absolute atomic E-state index is 0.0311. The number of benzene rings is 4. The third-order valence-corrected chi connectivity index (χ3v) is 9.36. The molecule has 0 fully saturated rings. The molecule has 2 heterocycles. The molecule has 0 bridgehead atoms. The molecule has 0 aliphatic rings. The average Bonchev–Trinajstić information content (AvgIpc) is 3.69. The molecule has 6 rings (SSSR count). The number of aliphatic hydroxyl groups is 2. The van der Waals surface area contributed by atoms with Crippen molar-refractivity contribution >= 4 is 56.3 Å². The topological polar surface area (TPSA) is 119 Å². The predicted molar refractivity (Wildman–Crippen MR) is 203 cm³/mol. The van der Waals surface area contributed by atoms with Crippen LogP contribution in [-0.4, -0.2) is 52.5 Å². The molecule has 2 N–H and O–H groups in total. The maximum atomic E-state index is 13.1. The number of hydrogen-bond donors (Lipinski definition) is 2. The van der Waals surface area contributed by atoms with E-state index in [4.69, 9.17) is 24.7 Å². The van der Waals surface area contributed by atoms with Crippen LogP contribution in [0.25, 0.3) is 31.5 Å². The lowest BCUT2D eigenvalue weighted by Gasteiger charge is -2.22. The minimum Gasteiger partial charge on any atom is -0.380 e. The van der Waals surface area contributed by atoms with Crippen LogP contribution < -0.4 is 0 Å². The molecule has 0 saturated carbocycles. The van der Waals surface area contributed by atoms with E-state index in [0.717, 1.165) is 45.1 Å². The Morgan fingerprint density at radius 2 is 1.15 bits per heavy atom. The summed E-state index contributed by atoms with van der Waals surface area (Å²) in [5.41, 5.74) is -0.169. The molecule has 2 aromatic heterocycles. The highest BCUT2D eigenvalue weighted by molar-refractivity contribution is 6.33. The zero-order valence-corrected chi connectivity index (χ0v) is 31.1. The fourth-order valence-corrected chi connectivity index (χ4v) is 6.19. The lowest BCUT2D eigenvalue weighted by molar-refractivity contribution is -0.138. The summed E-state index contributed by atoms with van der Waals surface area (Å²) < 4.78 is 42.5. The van der Waals surface area contributed by atoms with E-state index in [-0.39, 0.29) is 30.9 Å². The molecule has 6 aromatic rings. The highest BCUT2D eigenvalue weighted by atomic mass is 35.5. The van der Waals surface area contributed by atoms with Crippen LogP contribution in [0.1, 0.15) is 41.7 Å². The number of carbonyl (C=O) groups is 2. The molecule has 2 atom stereocenters. The van der Waals surface area contributed by atoms with Crippen LogP contribution in [0.4, 0.5) is 24.5 Å². The largest absolute Gasteiger partial charge is 0.407 e. The van der Waals surface area contributed by atoms with Crippen molar-refractivity contribution in [3.8, 4) is 0 Å². The number of aryl methyl sites for hydroxylation is 2. The third kappa shape index (κ3) is 9.45. The van der Waals surface area contributed by atoms with Gasteiger partial charge in [0.2, 0.25) is 5.69 Å². The van der Waals surface area contributed by atoms with Gasteiger partial charge in [-0.25, -0.2) is 9.69 Å². The molecule has 0 radical (unpaired) electrons. The predicted octanol–water partition coefficient (Wildman–Crippen LogP) is 8.59. The quantitative estimate of drug-likeness (QED) is 0.135. The summed E-state index contributed by atoms with van der Waals surface area (Å²) >= 11 is 6.02. The van der Waals surface area contributed by atoms with Gasteiger partial charge in [0.25, 0.3) is 0 Å². The first-order valence-electron chi connectivity index (χ1n) is 16.9. The highest BCUT2D eigenvalue weighted by Gasteiger charge is 2.36. The first-order chi connectivity index (χ1) is 25.8. The van der Waals surface area contributed by atoms with Crippen molar-refractivity contribution in [2.45, 2.75) is 71.0 Å². The van der Waals surface area contributed by atoms with E-state index >= 15 is 0 Å². The number of fused-ring (bicyclic) bond motifs is 2. The van der Waals surface area contributed by atoms with Gasteiger partial charge in [0.15, 0.2) is 17.3 Å².